The van der Waals surface area contributed by atoms with E-state index in [-0.39, 0.29) is 23.9 Å². The molecule has 1 aliphatic rings. The van der Waals surface area contributed by atoms with Crippen LogP contribution in [0.15, 0.2) is 30.7 Å². The number of imidazole rings is 1. The molecular weight excluding hydrogens is 316 g/mol. The Morgan fingerprint density at radius 3 is 2.72 bits per heavy atom. The molecule has 1 aromatic carbocycles. The molecular formula is C19H24N4O2. The van der Waals surface area contributed by atoms with Crippen molar-refractivity contribution in [1.29, 1.82) is 0 Å². The Labute approximate surface area is 147 Å². The van der Waals surface area contributed by atoms with Crippen LogP contribution in [0.3, 0.4) is 0 Å². The maximum atomic E-state index is 12.6. The highest BCUT2D eigenvalue weighted by molar-refractivity contribution is 5.81. The molecule has 1 aliphatic heterocycles. The standard InChI is InChI=1S/C19H24N4O2/c1-12-5-4-6-13(2)14(12)9-18(25)21-15-7-8-17(24)22-19(15)16-10-20-11-23(16)3/h4-6,10-11,15,19H,7-9H2,1-3H3,(H,21,25)(H,22,24)/t15-,19-/m1/s1. The van der Waals surface area contributed by atoms with Crippen LogP contribution in [0.2, 0.25) is 0 Å². The minimum absolute atomic E-state index is 0.00597. The predicted molar refractivity (Wildman–Crippen MR) is 94.9 cm³/mol. The molecule has 2 amide bonds. The minimum atomic E-state index is -0.254. The highest BCUT2D eigenvalue weighted by Gasteiger charge is 2.32. The molecule has 0 saturated carbocycles. The number of amides is 2. The van der Waals surface area contributed by atoms with Gasteiger partial charge in [-0.1, -0.05) is 18.2 Å². The summed E-state index contributed by atoms with van der Waals surface area (Å²) >= 11 is 0. The highest BCUT2D eigenvalue weighted by atomic mass is 16.2. The van der Waals surface area contributed by atoms with Gasteiger partial charge in [-0.2, -0.15) is 0 Å². The number of nitrogens with zero attached hydrogens (tertiary/aromatic N) is 2. The van der Waals surface area contributed by atoms with Crippen molar-refractivity contribution in [2.45, 2.75) is 45.2 Å². The van der Waals surface area contributed by atoms with Crippen LogP contribution in [0.4, 0.5) is 0 Å². The fraction of sp³-hybridized carbons (Fsp3) is 0.421. The number of nitrogens with one attached hydrogen (secondary N) is 2. The van der Waals surface area contributed by atoms with Gasteiger partial charge in [-0.3, -0.25) is 9.59 Å². The van der Waals surface area contributed by atoms with Crippen LogP contribution in [0, 0.1) is 13.8 Å². The predicted octanol–water partition coefficient (Wildman–Crippen LogP) is 1.72. The van der Waals surface area contributed by atoms with Gasteiger partial charge in [0.1, 0.15) is 0 Å². The minimum Gasteiger partial charge on any atom is -0.351 e. The summed E-state index contributed by atoms with van der Waals surface area (Å²) in [6.45, 7) is 4.05. The first-order valence-corrected chi connectivity index (χ1v) is 8.55. The van der Waals surface area contributed by atoms with Crippen molar-refractivity contribution >= 4 is 11.8 Å². The van der Waals surface area contributed by atoms with Crippen molar-refractivity contribution in [2.24, 2.45) is 7.05 Å². The van der Waals surface area contributed by atoms with E-state index >= 15 is 0 Å². The second kappa shape index (κ2) is 7.09. The number of carbonyl (C=O) groups excluding carboxylic acids is 2. The van der Waals surface area contributed by atoms with Crippen LogP contribution in [0.5, 0.6) is 0 Å². The zero-order valence-corrected chi connectivity index (χ0v) is 14.9. The van der Waals surface area contributed by atoms with Crippen LogP contribution in [0.25, 0.3) is 0 Å². The molecule has 0 bridgehead atoms. The highest BCUT2D eigenvalue weighted by Crippen LogP contribution is 2.24. The van der Waals surface area contributed by atoms with E-state index in [4.69, 9.17) is 0 Å². The Balaban J connectivity index is 1.74. The lowest BCUT2D eigenvalue weighted by atomic mass is 9.94. The maximum Gasteiger partial charge on any atom is 0.224 e. The molecule has 6 heteroatoms. The molecule has 0 unspecified atom stereocenters. The third kappa shape index (κ3) is 3.73. The van der Waals surface area contributed by atoms with E-state index in [1.807, 2.05) is 43.7 Å². The molecule has 2 heterocycles. The molecule has 25 heavy (non-hydrogen) atoms. The summed E-state index contributed by atoms with van der Waals surface area (Å²) in [6.07, 6.45) is 4.83. The second-order valence-corrected chi connectivity index (χ2v) is 6.73. The number of hydrogen-bond donors (Lipinski definition) is 2. The van der Waals surface area contributed by atoms with Crippen molar-refractivity contribution in [1.82, 2.24) is 20.2 Å². The van der Waals surface area contributed by atoms with E-state index < -0.39 is 0 Å². The molecule has 2 atom stereocenters. The van der Waals surface area contributed by atoms with Gasteiger partial charge in [-0.15, -0.1) is 0 Å². The Morgan fingerprint density at radius 1 is 1.36 bits per heavy atom. The van der Waals surface area contributed by atoms with Gasteiger partial charge < -0.3 is 15.2 Å². The number of hydrogen-bond acceptors (Lipinski definition) is 3. The molecule has 6 nitrogen and oxygen atoms in total. The van der Waals surface area contributed by atoms with E-state index in [9.17, 15) is 9.59 Å². The lowest BCUT2D eigenvalue weighted by molar-refractivity contribution is -0.127. The van der Waals surface area contributed by atoms with Crippen molar-refractivity contribution in [3.8, 4) is 0 Å². The van der Waals surface area contributed by atoms with E-state index in [1.54, 1.807) is 12.5 Å². The summed E-state index contributed by atoms with van der Waals surface area (Å²) in [5.41, 5.74) is 4.20. The van der Waals surface area contributed by atoms with E-state index in [0.717, 1.165) is 22.4 Å². The summed E-state index contributed by atoms with van der Waals surface area (Å²) in [4.78, 5) is 28.6. The Hall–Kier alpha value is -2.63. The molecule has 2 N–H and O–H groups in total. The topological polar surface area (TPSA) is 76.0 Å². The van der Waals surface area contributed by atoms with Gasteiger partial charge in [-0.25, -0.2) is 4.98 Å². The summed E-state index contributed by atoms with van der Waals surface area (Å²) in [7, 11) is 1.89. The number of aryl methyl sites for hydroxylation is 3. The van der Waals surface area contributed by atoms with Crippen LogP contribution in [-0.2, 0) is 23.1 Å². The zero-order chi connectivity index (χ0) is 18.0. The van der Waals surface area contributed by atoms with Gasteiger partial charge in [-0.05, 0) is 37.0 Å². The van der Waals surface area contributed by atoms with E-state index in [2.05, 4.69) is 15.6 Å². The molecule has 0 aliphatic carbocycles. The van der Waals surface area contributed by atoms with Crippen LogP contribution < -0.4 is 10.6 Å². The Bertz CT molecular complexity index is 776. The van der Waals surface area contributed by atoms with Crippen molar-refractivity contribution in [2.75, 3.05) is 0 Å². The summed E-state index contributed by atoms with van der Waals surface area (Å²) in [5.74, 6) is -0.0165. The summed E-state index contributed by atoms with van der Waals surface area (Å²) in [5, 5.41) is 6.10. The average molecular weight is 340 g/mol. The number of aromatic nitrogens is 2. The first-order valence-electron chi connectivity index (χ1n) is 8.55. The van der Waals surface area contributed by atoms with E-state index in [1.165, 1.54) is 0 Å². The van der Waals surface area contributed by atoms with Crippen molar-refractivity contribution in [3.05, 3.63) is 53.1 Å². The smallest absolute Gasteiger partial charge is 0.224 e. The third-order valence-corrected chi connectivity index (χ3v) is 4.90. The van der Waals surface area contributed by atoms with Gasteiger partial charge >= 0.3 is 0 Å². The number of piperidine rings is 1. The van der Waals surface area contributed by atoms with E-state index in [0.29, 0.717) is 19.3 Å². The number of benzene rings is 1. The summed E-state index contributed by atoms with van der Waals surface area (Å²) < 4.78 is 1.88. The lowest BCUT2D eigenvalue weighted by Crippen LogP contribution is -2.51. The average Bonchev–Trinajstić information content (AvgIpc) is 2.99. The van der Waals surface area contributed by atoms with Gasteiger partial charge in [0.25, 0.3) is 0 Å². The van der Waals surface area contributed by atoms with Gasteiger partial charge in [0.15, 0.2) is 0 Å². The van der Waals surface area contributed by atoms with Gasteiger partial charge in [0.05, 0.1) is 36.7 Å². The van der Waals surface area contributed by atoms with Crippen molar-refractivity contribution < 1.29 is 9.59 Å². The molecule has 1 saturated heterocycles. The SMILES string of the molecule is Cc1cccc(C)c1CC(=O)N[C@@H]1CCC(=O)N[C@H]1c1cncn1C. The van der Waals surface area contributed by atoms with Gasteiger partial charge in [0, 0.05) is 13.5 Å². The monoisotopic (exact) mass is 340 g/mol. The van der Waals surface area contributed by atoms with Gasteiger partial charge in [0.2, 0.25) is 11.8 Å². The Kier molecular flexibility index (Phi) is 4.88. The van der Waals surface area contributed by atoms with Crippen molar-refractivity contribution in [3.63, 3.8) is 0 Å². The molecule has 1 aromatic heterocycles. The van der Waals surface area contributed by atoms with Crippen LogP contribution >= 0.6 is 0 Å². The molecule has 2 aromatic rings. The number of carbonyl (C=O) groups is 2. The fourth-order valence-corrected chi connectivity index (χ4v) is 3.45. The fourth-order valence-electron chi connectivity index (χ4n) is 3.45. The van der Waals surface area contributed by atoms with Crippen LogP contribution in [-0.4, -0.2) is 27.4 Å². The lowest BCUT2D eigenvalue weighted by Gasteiger charge is -2.33. The molecule has 0 spiro atoms. The first-order chi connectivity index (χ1) is 12.0. The molecule has 0 radical (unpaired) electrons. The first kappa shape index (κ1) is 17.2. The molecule has 132 valence electrons. The Morgan fingerprint density at radius 2 is 2.08 bits per heavy atom. The quantitative estimate of drug-likeness (QED) is 0.890. The summed E-state index contributed by atoms with van der Waals surface area (Å²) in [6, 6.07) is 5.66. The maximum absolute atomic E-state index is 12.6. The normalized spacial score (nSPS) is 20.2. The largest absolute Gasteiger partial charge is 0.351 e. The molecule has 3 rings (SSSR count). The third-order valence-electron chi connectivity index (χ3n) is 4.90. The second-order valence-electron chi connectivity index (χ2n) is 6.73. The number of rotatable bonds is 4. The molecule has 1 fully saturated rings. The van der Waals surface area contributed by atoms with Crippen LogP contribution in [0.1, 0.15) is 41.3 Å². The zero-order valence-electron chi connectivity index (χ0n) is 14.9.